The average molecular weight is 507 g/mol. The Morgan fingerprint density at radius 1 is 1.24 bits per heavy atom. The zero-order valence-electron chi connectivity index (χ0n) is 22.3. The van der Waals surface area contributed by atoms with Crippen LogP contribution in [0, 0.1) is 19.8 Å². The van der Waals surface area contributed by atoms with Gasteiger partial charge < -0.3 is 29.6 Å². The van der Waals surface area contributed by atoms with Gasteiger partial charge in [-0.3, -0.25) is 9.59 Å². The van der Waals surface area contributed by atoms with E-state index in [9.17, 15) is 14.7 Å². The molecule has 8 heteroatoms. The minimum Gasteiger partial charge on any atom is -0.496 e. The Bertz CT molecular complexity index is 1360. The highest BCUT2D eigenvalue weighted by molar-refractivity contribution is 6.08. The van der Waals surface area contributed by atoms with Crippen LogP contribution in [0.3, 0.4) is 0 Å². The molecule has 198 valence electrons. The molecule has 3 heterocycles. The first-order chi connectivity index (χ1) is 17.7. The lowest BCUT2D eigenvalue weighted by atomic mass is 9.89. The van der Waals surface area contributed by atoms with Gasteiger partial charge in [0.25, 0.3) is 11.5 Å². The molecule has 1 saturated heterocycles. The molecule has 2 fully saturated rings. The number of carbonyl (C=O) groups is 1. The highest BCUT2D eigenvalue weighted by Gasteiger charge is 2.42. The molecule has 0 unspecified atom stereocenters. The van der Waals surface area contributed by atoms with Crippen molar-refractivity contribution in [2.45, 2.75) is 64.6 Å². The summed E-state index contributed by atoms with van der Waals surface area (Å²) < 4.78 is 7.70. The molecule has 1 aliphatic carbocycles. The van der Waals surface area contributed by atoms with E-state index in [0.717, 1.165) is 61.9 Å². The molecule has 3 N–H and O–H groups in total. The largest absolute Gasteiger partial charge is 0.496 e. The maximum Gasteiger partial charge on any atom is 0.256 e. The van der Waals surface area contributed by atoms with Gasteiger partial charge in [-0.05, 0) is 77.6 Å². The summed E-state index contributed by atoms with van der Waals surface area (Å²) in [6.45, 7) is 8.93. The summed E-state index contributed by atoms with van der Waals surface area (Å²) in [5.74, 6) is 0.759. The van der Waals surface area contributed by atoms with E-state index >= 15 is 0 Å². The van der Waals surface area contributed by atoms with Crippen molar-refractivity contribution in [3.8, 4) is 5.75 Å². The van der Waals surface area contributed by atoms with E-state index < -0.39 is 5.60 Å². The van der Waals surface area contributed by atoms with Crippen LogP contribution in [-0.4, -0.2) is 57.8 Å². The van der Waals surface area contributed by atoms with Crippen molar-refractivity contribution in [1.82, 2.24) is 19.8 Å². The number of H-pyrrole nitrogens is 1. The molecule has 2 aromatic heterocycles. The SMILES string of the molecule is COc1cc(C)[nH]c(=O)c1CNC(=O)c1c(C)n([C@H](C)C2CCN(CC3(O)CC3)CC2)c2ccccc12. The number of amides is 1. The lowest BCUT2D eigenvalue weighted by molar-refractivity contribution is 0.0660. The van der Waals surface area contributed by atoms with Crippen LogP contribution < -0.4 is 15.6 Å². The third kappa shape index (κ3) is 5.05. The number of likely N-dealkylation sites (tertiary alicyclic amines) is 1. The number of aliphatic hydroxyl groups is 1. The van der Waals surface area contributed by atoms with Crippen LogP contribution in [0.1, 0.15) is 66.0 Å². The fourth-order valence-electron chi connectivity index (χ4n) is 6.02. The molecule has 1 saturated carbocycles. The van der Waals surface area contributed by atoms with Crippen molar-refractivity contribution in [2.24, 2.45) is 5.92 Å². The number of nitrogens with one attached hydrogen (secondary N) is 2. The summed E-state index contributed by atoms with van der Waals surface area (Å²) in [5, 5.41) is 14.2. The summed E-state index contributed by atoms with van der Waals surface area (Å²) in [4.78, 5) is 31.2. The van der Waals surface area contributed by atoms with E-state index in [-0.39, 0.29) is 24.1 Å². The Morgan fingerprint density at radius 2 is 1.95 bits per heavy atom. The quantitative estimate of drug-likeness (QED) is 0.433. The zero-order chi connectivity index (χ0) is 26.3. The molecule has 1 aromatic carbocycles. The lowest BCUT2D eigenvalue weighted by Gasteiger charge is -2.37. The number of hydrogen-bond acceptors (Lipinski definition) is 5. The number of aromatic amines is 1. The third-order valence-corrected chi connectivity index (χ3v) is 8.33. The fraction of sp³-hybridized carbons (Fsp3) is 0.517. The smallest absolute Gasteiger partial charge is 0.256 e. The number of pyridine rings is 1. The fourth-order valence-corrected chi connectivity index (χ4v) is 6.02. The van der Waals surface area contributed by atoms with Crippen LogP contribution in [0.5, 0.6) is 5.75 Å². The van der Waals surface area contributed by atoms with Crippen LogP contribution in [0.2, 0.25) is 0 Å². The number of aromatic nitrogens is 2. The van der Waals surface area contributed by atoms with Gasteiger partial charge >= 0.3 is 0 Å². The number of piperidine rings is 1. The maximum atomic E-state index is 13.5. The second-order valence-electron chi connectivity index (χ2n) is 10.9. The number of aryl methyl sites for hydroxylation is 1. The van der Waals surface area contributed by atoms with Gasteiger partial charge in [0.2, 0.25) is 0 Å². The van der Waals surface area contributed by atoms with E-state index in [1.54, 1.807) is 13.0 Å². The monoisotopic (exact) mass is 506 g/mol. The number of fused-ring (bicyclic) bond motifs is 1. The number of carbonyl (C=O) groups excluding carboxylic acids is 1. The number of benzene rings is 1. The molecule has 37 heavy (non-hydrogen) atoms. The zero-order valence-corrected chi connectivity index (χ0v) is 22.3. The summed E-state index contributed by atoms with van der Waals surface area (Å²) in [7, 11) is 1.52. The molecule has 1 amide bonds. The van der Waals surface area contributed by atoms with Gasteiger partial charge in [-0.2, -0.15) is 0 Å². The number of β-amino-alcohol motifs (C(OH)–C–C–N with tert-alkyl or cyclic N) is 1. The van der Waals surface area contributed by atoms with Gasteiger partial charge in [-0.1, -0.05) is 18.2 Å². The van der Waals surface area contributed by atoms with Gasteiger partial charge in [0.15, 0.2) is 0 Å². The molecule has 8 nitrogen and oxygen atoms in total. The van der Waals surface area contributed by atoms with Crippen molar-refractivity contribution in [3.63, 3.8) is 0 Å². The van der Waals surface area contributed by atoms with Crippen LogP contribution >= 0.6 is 0 Å². The molecule has 0 radical (unpaired) electrons. The van der Waals surface area contributed by atoms with Gasteiger partial charge in [0, 0.05) is 34.9 Å². The van der Waals surface area contributed by atoms with E-state index in [1.807, 2.05) is 25.1 Å². The van der Waals surface area contributed by atoms with Crippen LogP contribution in [0.25, 0.3) is 10.9 Å². The molecule has 1 aliphatic heterocycles. The first-order valence-corrected chi connectivity index (χ1v) is 13.3. The van der Waals surface area contributed by atoms with E-state index in [4.69, 9.17) is 4.74 Å². The van der Waals surface area contributed by atoms with Crippen LogP contribution in [0.15, 0.2) is 35.1 Å². The molecule has 0 spiro atoms. The molecule has 2 aliphatic rings. The van der Waals surface area contributed by atoms with Crippen molar-refractivity contribution in [3.05, 3.63) is 63.2 Å². The van der Waals surface area contributed by atoms with E-state index in [2.05, 4.69) is 32.8 Å². The Labute approximate surface area is 217 Å². The van der Waals surface area contributed by atoms with Crippen molar-refractivity contribution in [2.75, 3.05) is 26.7 Å². The summed E-state index contributed by atoms with van der Waals surface area (Å²) in [5.41, 5.74) is 3.05. The number of hydrogen-bond donors (Lipinski definition) is 3. The average Bonchev–Trinajstić information content (AvgIpc) is 3.52. The third-order valence-electron chi connectivity index (χ3n) is 8.33. The molecule has 0 bridgehead atoms. The molecular weight excluding hydrogens is 468 g/mol. The molecule has 3 aromatic rings. The van der Waals surface area contributed by atoms with Gasteiger partial charge in [-0.25, -0.2) is 0 Å². The number of para-hydroxylation sites is 1. The standard InChI is InChI=1S/C29H38N4O4/c1-18-15-25(37-4)23(27(34)31-18)16-30-28(35)26-20(3)33(24-8-6-5-7-22(24)26)19(2)21-9-13-32(14-10-21)17-29(36)11-12-29/h5-8,15,19,21,36H,9-14,16-17H2,1-4H3,(H,30,35)(H,31,34)/t19-/m1/s1. The Kier molecular flexibility index (Phi) is 6.89. The summed E-state index contributed by atoms with van der Waals surface area (Å²) >= 11 is 0. The van der Waals surface area contributed by atoms with Crippen molar-refractivity contribution < 1.29 is 14.6 Å². The minimum atomic E-state index is -0.443. The van der Waals surface area contributed by atoms with Crippen LogP contribution in [0.4, 0.5) is 0 Å². The first-order valence-electron chi connectivity index (χ1n) is 13.3. The minimum absolute atomic E-state index is 0.0803. The molecular formula is C29H38N4O4. The van der Waals surface area contributed by atoms with Crippen molar-refractivity contribution in [1.29, 1.82) is 0 Å². The number of nitrogens with zero attached hydrogens (tertiary/aromatic N) is 2. The Balaban J connectivity index is 1.37. The van der Waals surface area contributed by atoms with Gasteiger partial charge in [-0.15, -0.1) is 0 Å². The topological polar surface area (TPSA) is 99.6 Å². The normalized spacial score (nSPS) is 18.6. The number of methoxy groups -OCH3 is 1. The number of rotatable bonds is 8. The molecule has 1 atom stereocenters. The second kappa shape index (κ2) is 9.99. The maximum absolute atomic E-state index is 13.5. The summed E-state index contributed by atoms with van der Waals surface area (Å²) in [6.07, 6.45) is 3.99. The highest BCUT2D eigenvalue weighted by Crippen LogP contribution is 2.39. The Morgan fingerprint density at radius 3 is 2.62 bits per heavy atom. The predicted octanol–water partition coefficient (Wildman–Crippen LogP) is 3.68. The van der Waals surface area contributed by atoms with Gasteiger partial charge in [0.1, 0.15) is 5.75 Å². The second-order valence-corrected chi connectivity index (χ2v) is 10.9. The highest BCUT2D eigenvalue weighted by atomic mass is 16.5. The lowest BCUT2D eigenvalue weighted by Crippen LogP contribution is -2.41. The first kappa shape index (κ1) is 25.5. The van der Waals surface area contributed by atoms with Crippen LogP contribution in [-0.2, 0) is 6.54 Å². The van der Waals surface area contributed by atoms with E-state index in [1.165, 1.54) is 7.11 Å². The predicted molar refractivity (Wildman–Crippen MR) is 144 cm³/mol. The number of ether oxygens (including phenoxy) is 1. The van der Waals surface area contributed by atoms with E-state index in [0.29, 0.717) is 28.5 Å². The van der Waals surface area contributed by atoms with Gasteiger partial charge in [0.05, 0.1) is 30.4 Å². The Hall–Kier alpha value is -3.10. The summed E-state index contributed by atoms with van der Waals surface area (Å²) in [6, 6.07) is 10.1. The van der Waals surface area contributed by atoms with Crippen molar-refractivity contribution >= 4 is 16.8 Å². The molecule has 5 rings (SSSR count).